The quantitative estimate of drug-likeness (QED) is 0.859. The summed E-state index contributed by atoms with van der Waals surface area (Å²) in [6.45, 7) is 3.75. The van der Waals surface area contributed by atoms with Gasteiger partial charge in [-0.2, -0.15) is 0 Å². The highest BCUT2D eigenvalue weighted by Crippen LogP contribution is 2.30. The summed E-state index contributed by atoms with van der Waals surface area (Å²) in [6, 6.07) is 7.50. The molecule has 1 amide bonds. The molecule has 0 saturated heterocycles. The molecular weight excluding hydrogens is 300 g/mol. The summed E-state index contributed by atoms with van der Waals surface area (Å²) in [5.74, 6) is -0.0701. The van der Waals surface area contributed by atoms with E-state index in [4.69, 9.17) is 11.6 Å². The van der Waals surface area contributed by atoms with Crippen LogP contribution in [0, 0.1) is 6.92 Å². The summed E-state index contributed by atoms with van der Waals surface area (Å²) in [4.78, 5) is 17.1. The van der Waals surface area contributed by atoms with Crippen LogP contribution in [0.4, 0.5) is 5.13 Å². The average molecular weight is 313 g/mol. The van der Waals surface area contributed by atoms with Crippen molar-refractivity contribution in [2.75, 3.05) is 5.32 Å². The smallest absolute Gasteiger partial charge is 0.239 e. The molecule has 1 unspecified atom stereocenters. The number of carbonyl (C=O) groups excluding carboxylic acids is 1. The number of aromatic nitrogens is 1. The van der Waals surface area contributed by atoms with E-state index in [-0.39, 0.29) is 11.2 Å². The van der Waals surface area contributed by atoms with Crippen molar-refractivity contribution in [3.05, 3.63) is 40.4 Å². The molecule has 1 heterocycles. The lowest BCUT2D eigenvalue weighted by Gasteiger charge is -2.11. The highest BCUT2D eigenvalue weighted by molar-refractivity contribution is 8.00. The van der Waals surface area contributed by atoms with Crippen molar-refractivity contribution in [2.45, 2.75) is 24.0 Å². The zero-order valence-electron chi connectivity index (χ0n) is 10.5. The number of hydrogen-bond acceptors (Lipinski definition) is 4. The second-order valence-electron chi connectivity index (χ2n) is 3.97. The Labute approximate surface area is 125 Å². The second kappa shape index (κ2) is 6.41. The monoisotopic (exact) mass is 312 g/mol. The third kappa shape index (κ3) is 3.96. The molecule has 0 radical (unpaired) electrons. The van der Waals surface area contributed by atoms with Crippen LogP contribution < -0.4 is 5.32 Å². The predicted octanol–water partition coefficient (Wildman–Crippen LogP) is 4.22. The highest BCUT2D eigenvalue weighted by atomic mass is 35.5. The Morgan fingerprint density at radius 2 is 2.21 bits per heavy atom. The standard InChI is InChI=1S/C13H13ClN2OS2/c1-8-7-18-13(15-8)16-12(17)9(2)19-11-6-4-3-5-10(11)14/h3-7,9H,1-2H3,(H,15,16,17). The lowest BCUT2D eigenvalue weighted by atomic mass is 10.4. The summed E-state index contributed by atoms with van der Waals surface area (Å²) in [5.41, 5.74) is 0.909. The number of amides is 1. The van der Waals surface area contributed by atoms with Crippen molar-refractivity contribution in [3.8, 4) is 0 Å². The number of thiazole rings is 1. The minimum atomic E-state index is -0.232. The van der Waals surface area contributed by atoms with Crippen LogP contribution in [0.15, 0.2) is 34.5 Å². The van der Waals surface area contributed by atoms with Gasteiger partial charge in [-0.15, -0.1) is 23.1 Å². The number of anilines is 1. The topological polar surface area (TPSA) is 42.0 Å². The SMILES string of the molecule is Cc1csc(NC(=O)C(C)Sc2ccccc2Cl)n1. The van der Waals surface area contributed by atoms with Crippen LogP contribution in [0.25, 0.3) is 0 Å². The first kappa shape index (κ1) is 14.4. The van der Waals surface area contributed by atoms with Crippen molar-refractivity contribution >= 4 is 45.7 Å². The Morgan fingerprint density at radius 1 is 1.47 bits per heavy atom. The van der Waals surface area contributed by atoms with Crippen molar-refractivity contribution in [1.82, 2.24) is 4.98 Å². The predicted molar refractivity (Wildman–Crippen MR) is 82.3 cm³/mol. The lowest BCUT2D eigenvalue weighted by molar-refractivity contribution is -0.115. The first-order chi connectivity index (χ1) is 9.06. The van der Waals surface area contributed by atoms with Crippen molar-refractivity contribution in [1.29, 1.82) is 0 Å². The number of rotatable bonds is 4. The van der Waals surface area contributed by atoms with Gasteiger partial charge in [-0.25, -0.2) is 4.98 Å². The molecule has 0 fully saturated rings. The van der Waals surface area contributed by atoms with E-state index in [0.29, 0.717) is 10.2 Å². The molecule has 2 rings (SSSR count). The first-order valence-corrected chi connectivity index (χ1v) is 7.84. The van der Waals surface area contributed by atoms with Gasteiger partial charge in [-0.3, -0.25) is 4.79 Å². The number of nitrogens with one attached hydrogen (secondary N) is 1. The van der Waals surface area contributed by atoms with Crippen LogP contribution in [-0.4, -0.2) is 16.1 Å². The normalized spacial score (nSPS) is 12.2. The number of carbonyl (C=O) groups is 1. The van der Waals surface area contributed by atoms with Gasteiger partial charge in [-0.1, -0.05) is 23.7 Å². The molecular formula is C13H13ClN2OS2. The van der Waals surface area contributed by atoms with Gasteiger partial charge < -0.3 is 5.32 Å². The van der Waals surface area contributed by atoms with Crippen molar-refractivity contribution in [3.63, 3.8) is 0 Å². The fourth-order valence-electron chi connectivity index (χ4n) is 1.40. The summed E-state index contributed by atoms with van der Waals surface area (Å²) in [7, 11) is 0. The molecule has 6 heteroatoms. The molecule has 0 aliphatic rings. The third-order valence-corrected chi connectivity index (χ3v) is 4.85. The molecule has 0 bridgehead atoms. The van der Waals surface area contributed by atoms with Crippen molar-refractivity contribution in [2.24, 2.45) is 0 Å². The number of halogens is 1. The number of thioether (sulfide) groups is 1. The van der Waals surface area contributed by atoms with Gasteiger partial charge in [0.2, 0.25) is 5.91 Å². The minimum absolute atomic E-state index is 0.0701. The molecule has 19 heavy (non-hydrogen) atoms. The van der Waals surface area contributed by atoms with Gasteiger partial charge in [0, 0.05) is 10.3 Å². The summed E-state index contributed by atoms with van der Waals surface area (Å²) in [5, 5.41) is 5.78. The van der Waals surface area contributed by atoms with E-state index in [0.717, 1.165) is 10.6 Å². The molecule has 0 saturated carbocycles. The van der Waals surface area contributed by atoms with Crippen LogP contribution in [0.5, 0.6) is 0 Å². The molecule has 1 N–H and O–H groups in total. The van der Waals surface area contributed by atoms with E-state index in [1.54, 1.807) is 0 Å². The summed E-state index contributed by atoms with van der Waals surface area (Å²) >= 11 is 8.94. The second-order valence-corrected chi connectivity index (χ2v) is 6.62. The van der Waals surface area contributed by atoms with E-state index in [1.807, 2.05) is 43.5 Å². The van der Waals surface area contributed by atoms with Crippen LogP contribution in [0.1, 0.15) is 12.6 Å². The zero-order chi connectivity index (χ0) is 13.8. The molecule has 0 spiro atoms. The largest absolute Gasteiger partial charge is 0.301 e. The van der Waals surface area contributed by atoms with Crippen LogP contribution >= 0.6 is 34.7 Å². The van der Waals surface area contributed by atoms with Crippen molar-refractivity contribution < 1.29 is 4.79 Å². The maximum Gasteiger partial charge on any atom is 0.239 e. The van der Waals surface area contributed by atoms with Crippen LogP contribution in [0.2, 0.25) is 5.02 Å². The maximum atomic E-state index is 12.0. The van der Waals surface area contributed by atoms with Crippen LogP contribution in [-0.2, 0) is 4.79 Å². The maximum absolute atomic E-state index is 12.0. The fraction of sp³-hybridized carbons (Fsp3) is 0.231. The molecule has 100 valence electrons. The third-order valence-electron chi connectivity index (χ3n) is 2.36. The molecule has 3 nitrogen and oxygen atoms in total. The van der Waals surface area contributed by atoms with Gasteiger partial charge in [0.1, 0.15) is 0 Å². The fourth-order valence-corrected chi connectivity index (χ4v) is 3.25. The molecule has 0 aliphatic heterocycles. The Balaban J connectivity index is 1.98. The van der Waals surface area contributed by atoms with Crippen LogP contribution in [0.3, 0.4) is 0 Å². The minimum Gasteiger partial charge on any atom is -0.301 e. The lowest BCUT2D eigenvalue weighted by Crippen LogP contribution is -2.22. The Morgan fingerprint density at radius 3 is 2.84 bits per heavy atom. The van der Waals surface area contributed by atoms with Gasteiger partial charge in [0.25, 0.3) is 0 Å². The number of hydrogen-bond donors (Lipinski definition) is 1. The summed E-state index contributed by atoms with van der Waals surface area (Å²) < 4.78 is 0. The highest BCUT2D eigenvalue weighted by Gasteiger charge is 2.16. The van der Waals surface area contributed by atoms with E-state index in [1.165, 1.54) is 23.1 Å². The van der Waals surface area contributed by atoms with E-state index < -0.39 is 0 Å². The molecule has 1 aromatic carbocycles. The average Bonchev–Trinajstić information content (AvgIpc) is 2.77. The molecule has 1 atom stereocenters. The first-order valence-electron chi connectivity index (χ1n) is 5.70. The molecule has 0 aliphatic carbocycles. The van der Waals surface area contributed by atoms with Gasteiger partial charge in [-0.05, 0) is 26.0 Å². The van der Waals surface area contributed by atoms with E-state index in [9.17, 15) is 4.79 Å². The number of benzene rings is 1. The molecule has 2 aromatic rings. The Hall–Kier alpha value is -1.04. The van der Waals surface area contributed by atoms with Gasteiger partial charge in [0.15, 0.2) is 5.13 Å². The number of aryl methyl sites for hydroxylation is 1. The molecule has 1 aromatic heterocycles. The number of nitrogens with zero attached hydrogens (tertiary/aromatic N) is 1. The Kier molecular flexibility index (Phi) is 4.85. The van der Waals surface area contributed by atoms with Gasteiger partial charge >= 0.3 is 0 Å². The summed E-state index contributed by atoms with van der Waals surface area (Å²) in [6.07, 6.45) is 0. The van der Waals surface area contributed by atoms with E-state index in [2.05, 4.69) is 10.3 Å². The Bertz CT molecular complexity index is 586. The van der Waals surface area contributed by atoms with E-state index >= 15 is 0 Å². The zero-order valence-corrected chi connectivity index (χ0v) is 12.9. The van der Waals surface area contributed by atoms with Gasteiger partial charge in [0.05, 0.1) is 16.0 Å².